The Morgan fingerprint density at radius 3 is 2.16 bits per heavy atom. The van der Waals surface area contributed by atoms with E-state index in [1.54, 1.807) is 47.9 Å². The van der Waals surface area contributed by atoms with Gasteiger partial charge in [-0.15, -0.1) is 10.2 Å². The molecular weight excluding hydrogens is 359 g/mol. The third-order valence-electron chi connectivity index (χ3n) is 4.10. The zero-order valence-electron chi connectivity index (χ0n) is 13.1. The minimum Gasteiger partial charge on any atom is -0.290 e. The summed E-state index contributed by atoms with van der Waals surface area (Å²) in [6, 6.07) is 13.6. The van der Waals surface area contributed by atoms with Crippen molar-refractivity contribution in [3.8, 4) is 0 Å². The lowest BCUT2D eigenvalue weighted by atomic mass is 9.94. The van der Waals surface area contributed by atoms with Crippen LogP contribution in [0.15, 0.2) is 53.5 Å². The van der Waals surface area contributed by atoms with Crippen LogP contribution in [0.1, 0.15) is 23.0 Å². The standard InChI is InChI=1S/C18H12Cl2N4O/c1-10-22-23-18-21-15(11-2-6-13(19)7-3-11)17(25)16(24(10)18)12-4-8-14(20)9-5-12/h2-9,16H,1H3. The van der Waals surface area contributed by atoms with E-state index < -0.39 is 6.04 Å². The van der Waals surface area contributed by atoms with Gasteiger partial charge in [-0.2, -0.15) is 0 Å². The molecule has 2 aromatic carbocycles. The minimum atomic E-state index is -0.578. The molecule has 0 bridgehead atoms. The van der Waals surface area contributed by atoms with Crippen LogP contribution in [-0.2, 0) is 4.79 Å². The molecule has 1 unspecified atom stereocenters. The van der Waals surface area contributed by atoms with Crippen LogP contribution >= 0.6 is 23.2 Å². The van der Waals surface area contributed by atoms with Crippen LogP contribution in [0.4, 0.5) is 5.95 Å². The summed E-state index contributed by atoms with van der Waals surface area (Å²) in [5.41, 5.74) is 1.84. The highest BCUT2D eigenvalue weighted by molar-refractivity contribution is 6.48. The number of aromatic nitrogens is 3. The molecule has 0 spiro atoms. The topological polar surface area (TPSA) is 60.1 Å². The van der Waals surface area contributed by atoms with Crippen LogP contribution in [0.3, 0.4) is 0 Å². The largest absolute Gasteiger partial charge is 0.290 e. The summed E-state index contributed by atoms with van der Waals surface area (Å²) in [5, 5.41) is 9.38. The van der Waals surface area contributed by atoms with Gasteiger partial charge in [0.1, 0.15) is 17.6 Å². The Hall–Kier alpha value is -2.50. The number of nitrogens with zero attached hydrogens (tertiary/aromatic N) is 4. The van der Waals surface area contributed by atoms with E-state index in [2.05, 4.69) is 15.2 Å². The molecule has 0 N–H and O–H groups in total. The molecule has 0 fully saturated rings. The van der Waals surface area contributed by atoms with Crippen LogP contribution in [0.2, 0.25) is 10.0 Å². The summed E-state index contributed by atoms with van der Waals surface area (Å²) in [5.74, 6) is 0.907. The number of hydrogen-bond acceptors (Lipinski definition) is 4. The molecule has 0 saturated carbocycles. The van der Waals surface area contributed by atoms with Gasteiger partial charge in [-0.25, -0.2) is 4.99 Å². The molecule has 0 saturated heterocycles. The van der Waals surface area contributed by atoms with Crippen molar-refractivity contribution < 1.29 is 4.79 Å². The fourth-order valence-electron chi connectivity index (χ4n) is 2.90. The molecule has 5 nitrogen and oxygen atoms in total. The normalized spacial score (nSPS) is 16.5. The Bertz CT molecular complexity index is 991. The Morgan fingerprint density at radius 1 is 0.920 bits per heavy atom. The van der Waals surface area contributed by atoms with Crippen LogP contribution in [0.25, 0.3) is 0 Å². The molecule has 1 aliphatic rings. The van der Waals surface area contributed by atoms with Crippen LogP contribution in [0, 0.1) is 6.92 Å². The molecule has 3 aromatic rings. The molecule has 1 aliphatic heterocycles. The van der Waals surface area contributed by atoms with Crippen molar-refractivity contribution in [3.63, 3.8) is 0 Å². The Balaban J connectivity index is 1.89. The Kier molecular flexibility index (Phi) is 3.90. The predicted octanol–water partition coefficient (Wildman–Crippen LogP) is 4.19. The van der Waals surface area contributed by atoms with Crippen molar-refractivity contribution in [3.05, 3.63) is 75.5 Å². The van der Waals surface area contributed by atoms with E-state index in [0.717, 1.165) is 5.56 Å². The maximum atomic E-state index is 13.2. The summed E-state index contributed by atoms with van der Waals surface area (Å²) in [6.45, 7) is 1.80. The van der Waals surface area contributed by atoms with Gasteiger partial charge in [0.25, 0.3) is 5.95 Å². The number of Topliss-reactive ketones (excluding diaryl/α,β-unsaturated/α-hetero) is 1. The van der Waals surface area contributed by atoms with Crippen molar-refractivity contribution in [1.29, 1.82) is 0 Å². The number of ketones is 1. The van der Waals surface area contributed by atoms with Crippen molar-refractivity contribution in [1.82, 2.24) is 14.8 Å². The first-order valence-electron chi connectivity index (χ1n) is 7.60. The second-order valence-electron chi connectivity index (χ2n) is 5.70. The molecule has 1 aromatic heterocycles. The van der Waals surface area contributed by atoms with E-state index in [-0.39, 0.29) is 5.78 Å². The molecule has 4 rings (SSSR count). The number of benzene rings is 2. The molecule has 0 aliphatic carbocycles. The van der Waals surface area contributed by atoms with Gasteiger partial charge in [0.05, 0.1) is 0 Å². The van der Waals surface area contributed by atoms with Gasteiger partial charge in [0.15, 0.2) is 0 Å². The Morgan fingerprint density at radius 2 is 1.52 bits per heavy atom. The number of hydrogen-bond donors (Lipinski definition) is 0. The van der Waals surface area contributed by atoms with Crippen LogP contribution in [0.5, 0.6) is 0 Å². The third kappa shape index (κ3) is 2.75. The van der Waals surface area contributed by atoms with Crippen molar-refractivity contribution in [2.24, 2.45) is 4.99 Å². The molecule has 25 heavy (non-hydrogen) atoms. The van der Waals surface area contributed by atoms with E-state index in [1.807, 2.05) is 12.1 Å². The van der Waals surface area contributed by atoms with Gasteiger partial charge in [0.2, 0.25) is 5.78 Å². The van der Waals surface area contributed by atoms with E-state index in [4.69, 9.17) is 23.2 Å². The quantitative estimate of drug-likeness (QED) is 0.679. The van der Waals surface area contributed by atoms with Gasteiger partial charge in [-0.3, -0.25) is 9.36 Å². The lowest BCUT2D eigenvalue weighted by molar-refractivity contribution is -0.115. The number of rotatable bonds is 2. The number of carbonyl (C=O) groups is 1. The zero-order chi connectivity index (χ0) is 17.6. The van der Waals surface area contributed by atoms with Gasteiger partial charge in [0, 0.05) is 15.6 Å². The van der Waals surface area contributed by atoms with Crippen LogP contribution < -0.4 is 0 Å². The van der Waals surface area contributed by atoms with Crippen molar-refractivity contribution in [2.45, 2.75) is 13.0 Å². The number of aryl methyl sites for hydroxylation is 1. The van der Waals surface area contributed by atoms with Gasteiger partial charge >= 0.3 is 0 Å². The molecule has 7 heteroatoms. The molecule has 0 amide bonds. The van der Waals surface area contributed by atoms with E-state index in [1.165, 1.54) is 0 Å². The lowest BCUT2D eigenvalue weighted by Gasteiger charge is -2.24. The SMILES string of the molecule is Cc1nnc2n1C(c1ccc(Cl)cc1)C(=O)C(c1ccc(Cl)cc1)=N2. The van der Waals surface area contributed by atoms with Gasteiger partial charge < -0.3 is 0 Å². The number of fused-ring (bicyclic) bond motifs is 1. The summed E-state index contributed by atoms with van der Waals surface area (Å²) < 4.78 is 1.74. The summed E-state index contributed by atoms with van der Waals surface area (Å²) in [6.07, 6.45) is 0. The highest BCUT2D eigenvalue weighted by atomic mass is 35.5. The molecule has 0 radical (unpaired) electrons. The second-order valence-corrected chi connectivity index (χ2v) is 6.58. The highest BCUT2D eigenvalue weighted by Gasteiger charge is 2.35. The first-order valence-corrected chi connectivity index (χ1v) is 8.36. The first-order chi connectivity index (χ1) is 12.0. The fourth-order valence-corrected chi connectivity index (χ4v) is 3.15. The fraction of sp³-hybridized carbons (Fsp3) is 0.111. The monoisotopic (exact) mass is 370 g/mol. The summed E-state index contributed by atoms with van der Waals surface area (Å²) in [4.78, 5) is 17.7. The average molecular weight is 371 g/mol. The minimum absolute atomic E-state index is 0.125. The van der Waals surface area contributed by atoms with Crippen molar-refractivity contribution in [2.75, 3.05) is 0 Å². The zero-order valence-corrected chi connectivity index (χ0v) is 14.7. The van der Waals surface area contributed by atoms with Crippen molar-refractivity contribution >= 4 is 40.6 Å². The molecular formula is C18H12Cl2N4O. The maximum absolute atomic E-state index is 13.2. The van der Waals surface area contributed by atoms with E-state index in [9.17, 15) is 4.79 Å². The smallest absolute Gasteiger partial charge is 0.252 e. The van der Waals surface area contributed by atoms with E-state index >= 15 is 0 Å². The number of aliphatic imine (C=N–C) groups is 1. The van der Waals surface area contributed by atoms with Gasteiger partial charge in [-0.1, -0.05) is 47.5 Å². The van der Waals surface area contributed by atoms with Crippen LogP contribution in [-0.4, -0.2) is 26.3 Å². The number of halogens is 2. The number of carbonyl (C=O) groups excluding carboxylic acids is 1. The predicted molar refractivity (Wildman–Crippen MR) is 97.0 cm³/mol. The second kappa shape index (κ2) is 6.10. The average Bonchev–Trinajstić information content (AvgIpc) is 2.97. The lowest BCUT2D eigenvalue weighted by Crippen LogP contribution is -2.32. The maximum Gasteiger partial charge on any atom is 0.252 e. The highest BCUT2D eigenvalue weighted by Crippen LogP contribution is 2.32. The summed E-state index contributed by atoms with van der Waals surface area (Å²) in [7, 11) is 0. The Labute approximate surface area is 153 Å². The van der Waals surface area contributed by atoms with E-state index in [0.29, 0.717) is 33.1 Å². The third-order valence-corrected chi connectivity index (χ3v) is 4.61. The molecule has 124 valence electrons. The summed E-state index contributed by atoms with van der Waals surface area (Å²) >= 11 is 11.9. The molecule has 2 heterocycles. The molecule has 1 atom stereocenters. The first kappa shape index (κ1) is 16.0. The van der Waals surface area contributed by atoms with Gasteiger partial charge in [-0.05, 0) is 36.8 Å².